The van der Waals surface area contributed by atoms with Crippen LogP contribution in [-0.2, 0) is 4.74 Å². The molecule has 0 unspecified atom stereocenters. The van der Waals surface area contributed by atoms with E-state index in [1.807, 2.05) is 13.8 Å². The summed E-state index contributed by atoms with van der Waals surface area (Å²) in [6.07, 6.45) is 4.54. The molecule has 0 aliphatic rings. The Bertz CT molecular complexity index is 169. The van der Waals surface area contributed by atoms with E-state index in [4.69, 9.17) is 4.74 Å². The van der Waals surface area contributed by atoms with E-state index < -0.39 is 0 Å². The van der Waals surface area contributed by atoms with Gasteiger partial charge in [-0.25, -0.2) is 4.79 Å². The van der Waals surface area contributed by atoms with Gasteiger partial charge in [-0.15, -0.1) is 0 Å². The SMILES string of the molecule is CCCCCCN(C)C(=O)OCC(C)C. The standard InChI is InChI=1S/C12H25NO2/c1-5-6-7-8-9-13(4)12(14)15-10-11(2)3/h11H,5-10H2,1-4H3. The Balaban J connectivity index is 3.51. The molecule has 3 nitrogen and oxygen atoms in total. The first-order chi connectivity index (χ1) is 7.07. The molecule has 0 atom stereocenters. The first kappa shape index (κ1) is 14.3. The predicted octanol–water partition coefficient (Wildman–Crippen LogP) is 3.29. The first-order valence-electron chi connectivity index (χ1n) is 5.95. The third-order valence-corrected chi connectivity index (χ3v) is 2.20. The van der Waals surface area contributed by atoms with Crippen LogP contribution in [0.3, 0.4) is 0 Å². The van der Waals surface area contributed by atoms with E-state index in [0.717, 1.165) is 13.0 Å². The van der Waals surface area contributed by atoms with Crippen LogP contribution in [0, 0.1) is 5.92 Å². The van der Waals surface area contributed by atoms with Crippen molar-refractivity contribution in [3.05, 3.63) is 0 Å². The maximum atomic E-state index is 11.4. The maximum absolute atomic E-state index is 11.4. The van der Waals surface area contributed by atoms with Crippen LogP contribution < -0.4 is 0 Å². The summed E-state index contributed by atoms with van der Waals surface area (Å²) in [6, 6.07) is 0. The third-order valence-electron chi connectivity index (χ3n) is 2.20. The van der Waals surface area contributed by atoms with Crippen molar-refractivity contribution in [3.63, 3.8) is 0 Å². The molecule has 0 spiro atoms. The summed E-state index contributed by atoms with van der Waals surface area (Å²) in [5.74, 6) is 0.405. The fourth-order valence-corrected chi connectivity index (χ4v) is 1.22. The van der Waals surface area contributed by atoms with E-state index in [0.29, 0.717) is 12.5 Å². The third kappa shape index (κ3) is 8.28. The molecule has 0 aliphatic carbocycles. The monoisotopic (exact) mass is 215 g/mol. The van der Waals surface area contributed by atoms with E-state index in [-0.39, 0.29) is 6.09 Å². The van der Waals surface area contributed by atoms with Gasteiger partial charge in [0.15, 0.2) is 0 Å². The normalized spacial score (nSPS) is 10.5. The molecule has 0 aromatic carbocycles. The number of amides is 1. The van der Waals surface area contributed by atoms with Crippen LogP contribution in [0.5, 0.6) is 0 Å². The fraction of sp³-hybridized carbons (Fsp3) is 0.917. The zero-order valence-electron chi connectivity index (χ0n) is 10.6. The minimum Gasteiger partial charge on any atom is -0.449 e. The van der Waals surface area contributed by atoms with Gasteiger partial charge in [-0.05, 0) is 12.3 Å². The van der Waals surface area contributed by atoms with Crippen LogP contribution in [0.4, 0.5) is 4.79 Å². The number of nitrogens with zero attached hydrogens (tertiary/aromatic N) is 1. The van der Waals surface area contributed by atoms with Gasteiger partial charge in [0.25, 0.3) is 0 Å². The predicted molar refractivity (Wildman–Crippen MR) is 63.0 cm³/mol. The van der Waals surface area contributed by atoms with E-state index in [9.17, 15) is 4.79 Å². The van der Waals surface area contributed by atoms with Crippen molar-refractivity contribution < 1.29 is 9.53 Å². The van der Waals surface area contributed by atoms with Gasteiger partial charge in [0, 0.05) is 13.6 Å². The second-order valence-electron chi connectivity index (χ2n) is 4.45. The number of ether oxygens (including phenoxy) is 1. The molecule has 0 rings (SSSR count). The summed E-state index contributed by atoms with van der Waals surface area (Å²) in [4.78, 5) is 13.1. The summed E-state index contributed by atoms with van der Waals surface area (Å²) < 4.78 is 5.11. The molecular weight excluding hydrogens is 190 g/mol. The van der Waals surface area contributed by atoms with Crippen LogP contribution in [0.15, 0.2) is 0 Å². The Kier molecular flexibility index (Phi) is 8.15. The van der Waals surface area contributed by atoms with E-state index >= 15 is 0 Å². The fourth-order valence-electron chi connectivity index (χ4n) is 1.22. The summed E-state index contributed by atoms with van der Waals surface area (Å²) in [6.45, 7) is 7.57. The molecule has 3 heteroatoms. The molecular formula is C12H25NO2. The van der Waals surface area contributed by atoms with Gasteiger partial charge in [-0.2, -0.15) is 0 Å². The topological polar surface area (TPSA) is 29.5 Å². The van der Waals surface area contributed by atoms with E-state index in [1.54, 1.807) is 11.9 Å². The van der Waals surface area contributed by atoms with Gasteiger partial charge >= 0.3 is 6.09 Å². The highest BCUT2D eigenvalue weighted by Crippen LogP contribution is 2.02. The number of carbonyl (C=O) groups excluding carboxylic acids is 1. The summed E-state index contributed by atoms with van der Waals surface area (Å²) in [5, 5.41) is 0. The Labute approximate surface area is 93.8 Å². The van der Waals surface area contributed by atoms with Gasteiger partial charge in [-0.3, -0.25) is 0 Å². The molecule has 0 aromatic rings. The summed E-state index contributed by atoms with van der Waals surface area (Å²) in [7, 11) is 1.80. The van der Waals surface area contributed by atoms with Crippen LogP contribution in [0.25, 0.3) is 0 Å². The van der Waals surface area contributed by atoms with Gasteiger partial charge in [0.05, 0.1) is 6.61 Å². The number of rotatable bonds is 7. The molecule has 90 valence electrons. The van der Waals surface area contributed by atoms with E-state index in [2.05, 4.69) is 6.92 Å². The van der Waals surface area contributed by atoms with Crippen molar-refractivity contribution in [2.75, 3.05) is 20.2 Å². The van der Waals surface area contributed by atoms with Crippen LogP contribution in [-0.4, -0.2) is 31.2 Å². The zero-order valence-corrected chi connectivity index (χ0v) is 10.6. The zero-order chi connectivity index (χ0) is 11.7. The van der Waals surface area contributed by atoms with Crippen molar-refractivity contribution >= 4 is 6.09 Å². The molecule has 0 fully saturated rings. The quantitative estimate of drug-likeness (QED) is 0.610. The average molecular weight is 215 g/mol. The largest absolute Gasteiger partial charge is 0.449 e. The van der Waals surface area contributed by atoms with Crippen molar-refractivity contribution in [1.82, 2.24) is 4.90 Å². The number of carbonyl (C=O) groups is 1. The molecule has 0 aromatic heterocycles. The Hall–Kier alpha value is -0.730. The van der Waals surface area contributed by atoms with Gasteiger partial charge in [0.1, 0.15) is 0 Å². The molecule has 1 amide bonds. The lowest BCUT2D eigenvalue weighted by Gasteiger charge is -2.17. The smallest absolute Gasteiger partial charge is 0.409 e. The van der Waals surface area contributed by atoms with Crippen LogP contribution in [0.1, 0.15) is 46.5 Å². The number of hydrogen-bond acceptors (Lipinski definition) is 2. The van der Waals surface area contributed by atoms with Crippen molar-refractivity contribution in [2.45, 2.75) is 46.5 Å². The summed E-state index contributed by atoms with van der Waals surface area (Å²) >= 11 is 0. The molecule has 0 saturated carbocycles. The van der Waals surface area contributed by atoms with Gasteiger partial charge in [-0.1, -0.05) is 40.0 Å². The minimum atomic E-state index is -0.194. The van der Waals surface area contributed by atoms with Crippen molar-refractivity contribution in [3.8, 4) is 0 Å². The van der Waals surface area contributed by atoms with Crippen LogP contribution in [0.2, 0.25) is 0 Å². The highest BCUT2D eigenvalue weighted by atomic mass is 16.6. The Morgan fingerprint density at radius 1 is 1.27 bits per heavy atom. The maximum Gasteiger partial charge on any atom is 0.409 e. The average Bonchev–Trinajstić information content (AvgIpc) is 2.20. The highest BCUT2D eigenvalue weighted by molar-refractivity contribution is 5.67. The Morgan fingerprint density at radius 2 is 1.93 bits per heavy atom. The first-order valence-corrected chi connectivity index (χ1v) is 5.95. The molecule has 0 heterocycles. The lowest BCUT2D eigenvalue weighted by Crippen LogP contribution is -2.29. The molecule has 15 heavy (non-hydrogen) atoms. The van der Waals surface area contributed by atoms with Gasteiger partial charge < -0.3 is 9.64 Å². The highest BCUT2D eigenvalue weighted by Gasteiger charge is 2.09. The molecule has 0 N–H and O–H groups in total. The lowest BCUT2D eigenvalue weighted by molar-refractivity contribution is 0.0994. The minimum absolute atomic E-state index is 0.194. The van der Waals surface area contributed by atoms with Crippen molar-refractivity contribution in [1.29, 1.82) is 0 Å². The molecule has 0 aliphatic heterocycles. The number of unbranched alkanes of at least 4 members (excludes halogenated alkanes) is 3. The second kappa shape index (κ2) is 8.57. The van der Waals surface area contributed by atoms with Gasteiger partial charge in [0.2, 0.25) is 0 Å². The van der Waals surface area contributed by atoms with Crippen LogP contribution >= 0.6 is 0 Å². The van der Waals surface area contributed by atoms with Crippen molar-refractivity contribution in [2.24, 2.45) is 5.92 Å². The lowest BCUT2D eigenvalue weighted by atomic mass is 10.2. The second-order valence-corrected chi connectivity index (χ2v) is 4.45. The molecule has 0 radical (unpaired) electrons. The number of hydrogen-bond donors (Lipinski definition) is 0. The molecule has 0 bridgehead atoms. The Morgan fingerprint density at radius 3 is 2.47 bits per heavy atom. The molecule has 0 saturated heterocycles. The van der Waals surface area contributed by atoms with E-state index in [1.165, 1.54) is 19.3 Å². The summed E-state index contributed by atoms with van der Waals surface area (Å²) in [5.41, 5.74) is 0.